The Hall–Kier alpha value is -3.44. The van der Waals surface area contributed by atoms with Crippen molar-refractivity contribution in [3.8, 4) is 0 Å². The molecule has 12 heteroatoms. The number of carbonyl (C=O) groups excluding carboxylic acids is 3. The first-order chi connectivity index (χ1) is 13.4. The molecule has 1 aromatic rings. The van der Waals surface area contributed by atoms with Crippen molar-refractivity contribution in [3.63, 3.8) is 0 Å². The van der Waals surface area contributed by atoms with E-state index in [4.69, 9.17) is 15.6 Å². The van der Waals surface area contributed by atoms with Crippen LogP contribution in [-0.2, 0) is 9.59 Å². The number of nitrogens with two attached hydrogens (primary N) is 1. The summed E-state index contributed by atoms with van der Waals surface area (Å²) in [7, 11) is 1.68. The van der Waals surface area contributed by atoms with Gasteiger partial charge >= 0.3 is 12.1 Å². The maximum Gasteiger partial charge on any atom is 0.490 e. The second-order valence-electron chi connectivity index (χ2n) is 6.13. The average molecular weight is 416 g/mol. The largest absolute Gasteiger partial charge is 0.490 e. The van der Waals surface area contributed by atoms with Gasteiger partial charge in [0.25, 0.3) is 5.91 Å². The van der Waals surface area contributed by atoms with Crippen molar-refractivity contribution in [1.82, 2.24) is 14.8 Å². The van der Waals surface area contributed by atoms with Gasteiger partial charge in [-0.05, 0) is 12.1 Å². The molecule has 0 spiro atoms. The fourth-order valence-corrected chi connectivity index (χ4v) is 2.38. The number of amides is 3. The Morgan fingerprint density at radius 2 is 1.83 bits per heavy atom. The molecule has 9 nitrogen and oxygen atoms in total. The maximum atomic E-state index is 12.3. The van der Waals surface area contributed by atoms with Gasteiger partial charge in [-0.25, -0.2) is 4.79 Å². The number of carboxylic acids is 1. The van der Waals surface area contributed by atoms with Crippen LogP contribution in [0.3, 0.4) is 0 Å². The van der Waals surface area contributed by atoms with Crippen molar-refractivity contribution in [2.75, 3.05) is 26.7 Å². The number of hydrogen-bond donors (Lipinski definition) is 2. The molecule has 3 N–H and O–H groups in total. The van der Waals surface area contributed by atoms with Crippen LogP contribution < -0.4 is 5.73 Å². The molecular weight excluding hydrogens is 397 g/mol. The molecule has 1 saturated heterocycles. The molecule has 1 aromatic heterocycles. The highest BCUT2D eigenvalue weighted by Gasteiger charge is 2.38. The van der Waals surface area contributed by atoms with Gasteiger partial charge in [0.1, 0.15) is 0 Å². The number of rotatable bonds is 5. The third-order valence-electron chi connectivity index (χ3n) is 3.83. The molecular formula is C17H19F3N4O5. The fraction of sp³-hybridized carbons (Fsp3) is 0.353. The van der Waals surface area contributed by atoms with Crippen molar-refractivity contribution < 1.29 is 37.5 Å². The van der Waals surface area contributed by atoms with Gasteiger partial charge in [-0.15, -0.1) is 0 Å². The number of primary amides is 1. The normalized spacial score (nSPS) is 13.4. The number of halogens is 3. The molecule has 0 unspecified atom stereocenters. The van der Waals surface area contributed by atoms with Crippen molar-refractivity contribution in [2.45, 2.75) is 6.18 Å². The molecule has 0 saturated carbocycles. The van der Waals surface area contributed by atoms with Crippen LogP contribution in [0.15, 0.2) is 31.1 Å². The molecule has 29 heavy (non-hydrogen) atoms. The van der Waals surface area contributed by atoms with E-state index in [-0.39, 0.29) is 23.3 Å². The van der Waals surface area contributed by atoms with Gasteiger partial charge in [-0.3, -0.25) is 19.4 Å². The summed E-state index contributed by atoms with van der Waals surface area (Å²) in [6, 6.07) is 1.43. The zero-order valence-electron chi connectivity index (χ0n) is 15.3. The van der Waals surface area contributed by atoms with Crippen LogP contribution in [0.4, 0.5) is 13.2 Å². The smallest absolute Gasteiger partial charge is 0.475 e. The summed E-state index contributed by atoms with van der Waals surface area (Å²) in [5.74, 6) is -3.47. The number of likely N-dealkylation sites (tertiary alicyclic amines) is 1. The van der Waals surface area contributed by atoms with E-state index in [0.717, 1.165) is 0 Å². The molecule has 1 aliphatic rings. The molecule has 0 aromatic carbocycles. The minimum Gasteiger partial charge on any atom is -0.475 e. The standard InChI is InChI=1S/C15H18N4O3.C2HF3O2/c1-3-13(20)19-8-10(9-19)7-18(2)15(22)12-4-11(14(16)21)5-17-6-12;3-2(4,5)1(6)7/h3-6,10H,1,7-9H2,2H3,(H2,16,21);(H,6,7). The number of hydrogen-bond acceptors (Lipinski definition) is 5. The predicted molar refractivity (Wildman–Crippen MR) is 93.7 cm³/mol. The lowest BCUT2D eigenvalue weighted by Crippen LogP contribution is -2.53. The molecule has 0 radical (unpaired) electrons. The minimum atomic E-state index is -5.08. The number of aromatic nitrogens is 1. The van der Waals surface area contributed by atoms with Crippen LogP contribution in [0.25, 0.3) is 0 Å². The first kappa shape index (κ1) is 23.6. The summed E-state index contributed by atoms with van der Waals surface area (Å²) < 4.78 is 31.7. The van der Waals surface area contributed by atoms with Gasteiger partial charge in [0.2, 0.25) is 11.8 Å². The van der Waals surface area contributed by atoms with Gasteiger partial charge < -0.3 is 20.6 Å². The molecule has 158 valence electrons. The predicted octanol–water partition coefficient (Wildman–Crippen LogP) is 0.530. The zero-order valence-corrected chi connectivity index (χ0v) is 15.3. The molecule has 0 atom stereocenters. The maximum absolute atomic E-state index is 12.3. The van der Waals surface area contributed by atoms with Gasteiger partial charge in [0.15, 0.2) is 0 Å². The van der Waals surface area contributed by atoms with E-state index < -0.39 is 18.1 Å². The van der Waals surface area contributed by atoms with E-state index in [0.29, 0.717) is 25.2 Å². The summed E-state index contributed by atoms with van der Waals surface area (Å²) in [4.78, 5) is 50.8. The van der Waals surface area contributed by atoms with Gasteiger partial charge in [-0.2, -0.15) is 13.2 Å². The number of nitrogens with zero attached hydrogens (tertiary/aromatic N) is 3. The summed E-state index contributed by atoms with van der Waals surface area (Å²) >= 11 is 0. The monoisotopic (exact) mass is 416 g/mol. The van der Waals surface area contributed by atoms with Crippen molar-refractivity contribution >= 4 is 23.7 Å². The first-order valence-electron chi connectivity index (χ1n) is 8.08. The summed E-state index contributed by atoms with van der Waals surface area (Å²) in [6.07, 6.45) is -1.07. The second-order valence-corrected chi connectivity index (χ2v) is 6.13. The Bertz CT molecular complexity index is 807. The molecule has 0 bridgehead atoms. The van der Waals surface area contributed by atoms with Crippen molar-refractivity contribution in [1.29, 1.82) is 0 Å². The van der Waals surface area contributed by atoms with E-state index in [1.54, 1.807) is 16.8 Å². The van der Waals surface area contributed by atoms with Crippen LogP contribution >= 0.6 is 0 Å². The van der Waals surface area contributed by atoms with Crippen LogP contribution in [0.5, 0.6) is 0 Å². The zero-order chi connectivity index (χ0) is 22.4. The van der Waals surface area contributed by atoms with Crippen LogP contribution in [0.2, 0.25) is 0 Å². The van der Waals surface area contributed by atoms with Crippen LogP contribution in [0.1, 0.15) is 20.7 Å². The van der Waals surface area contributed by atoms with Gasteiger partial charge in [-0.1, -0.05) is 6.58 Å². The van der Waals surface area contributed by atoms with E-state index >= 15 is 0 Å². The SMILES string of the molecule is C=CC(=O)N1CC(CN(C)C(=O)c2cncc(C(N)=O)c2)C1.O=C(O)C(F)(F)F. The lowest BCUT2D eigenvalue weighted by molar-refractivity contribution is -0.192. The summed E-state index contributed by atoms with van der Waals surface area (Å²) in [5.41, 5.74) is 5.69. The Labute approximate surface area is 163 Å². The Morgan fingerprint density at radius 3 is 2.28 bits per heavy atom. The number of carboxylic acid groups (broad SMARTS) is 1. The lowest BCUT2D eigenvalue weighted by Gasteiger charge is -2.40. The van der Waals surface area contributed by atoms with Gasteiger partial charge in [0, 0.05) is 45.0 Å². The van der Waals surface area contributed by atoms with E-state index in [2.05, 4.69) is 11.6 Å². The van der Waals surface area contributed by atoms with Gasteiger partial charge in [0.05, 0.1) is 11.1 Å². The first-order valence-corrected chi connectivity index (χ1v) is 8.08. The highest BCUT2D eigenvalue weighted by Crippen LogP contribution is 2.18. The quantitative estimate of drug-likeness (QED) is 0.673. The van der Waals surface area contributed by atoms with Crippen molar-refractivity contribution in [3.05, 3.63) is 42.2 Å². The summed E-state index contributed by atoms with van der Waals surface area (Å²) in [5, 5.41) is 7.12. The highest BCUT2D eigenvalue weighted by molar-refractivity contribution is 5.98. The van der Waals surface area contributed by atoms with Crippen LogP contribution in [0, 0.1) is 5.92 Å². The third kappa shape index (κ3) is 6.90. The fourth-order valence-electron chi connectivity index (χ4n) is 2.38. The highest BCUT2D eigenvalue weighted by atomic mass is 19.4. The summed E-state index contributed by atoms with van der Waals surface area (Å²) in [6.45, 7) is 5.19. The minimum absolute atomic E-state index is 0.0939. The molecule has 2 rings (SSSR count). The molecule has 3 amide bonds. The van der Waals surface area contributed by atoms with E-state index in [9.17, 15) is 27.6 Å². The number of aliphatic carboxylic acids is 1. The molecule has 0 aliphatic carbocycles. The second kappa shape index (κ2) is 9.66. The third-order valence-corrected chi connectivity index (χ3v) is 3.83. The van der Waals surface area contributed by atoms with Crippen LogP contribution in [-0.4, -0.2) is 76.4 Å². The van der Waals surface area contributed by atoms with E-state index in [1.165, 1.54) is 24.5 Å². The molecule has 2 heterocycles. The number of carbonyl (C=O) groups is 4. The van der Waals surface area contributed by atoms with E-state index in [1.807, 2.05) is 0 Å². The lowest BCUT2D eigenvalue weighted by atomic mass is 9.99. The number of alkyl halides is 3. The molecule has 1 aliphatic heterocycles. The Morgan fingerprint density at radius 1 is 1.31 bits per heavy atom. The topological polar surface area (TPSA) is 134 Å². The Balaban J connectivity index is 0.000000516. The Kier molecular flexibility index (Phi) is 7.86. The van der Waals surface area contributed by atoms with Crippen molar-refractivity contribution in [2.24, 2.45) is 11.7 Å². The molecule has 1 fully saturated rings. The number of pyridine rings is 1. The average Bonchev–Trinajstić information content (AvgIpc) is 2.62.